The summed E-state index contributed by atoms with van der Waals surface area (Å²) in [6, 6.07) is 3.51. The van der Waals surface area contributed by atoms with E-state index in [0.717, 1.165) is 12.1 Å². The Morgan fingerprint density at radius 2 is 2.06 bits per heavy atom. The second-order valence-electron chi connectivity index (χ2n) is 2.92. The van der Waals surface area contributed by atoms with Crippen molar-refractivity contribution < 1.29 is 13.3 Å². The van der Waals surface area contributed by atoms with Crippen LogP contribution in [-0.4, -0.2) is 13.3 Å². The van der Waals surface area contributed by atoms with Gasteiger partial charge in [0.2, 0.25) is 0 Å². The number of hydrogen-bond donors (Lipinski definition) is 0. The summed E-state index contributed by atoms with van der Waals surface area (Å²) in [7, 11) is 1.00. The van der Waals surface area contributed by atoms with Crippen molar-refractivity contribution in [3.05, 3.63) is 33.4 Å². The van der Waals surface area contributed by atoms with Gasteiger partial charge < -0.3 is 0 Å². The first kappa shape index (κ1) is 12.4. The third-order valence-electron chi connectivity index (χ3n) is 1.94. The van der Waals surface area contributed by atoms with E-state index in [1.54, 1.807) is 6.07 Å². The molecule has 0 spiro atoms. The van der Waals surface area contributed by atoms with Crippen LogP contribution in [0.3, 0.4) is 0 Å². The molecule has 1 rings (SSSR count). The van der Waals surface area contributed by atoms with Crippen LogP contribution in [0.15, 0.2) is 17.0 Å². The van der Waals surface area contributed by atoms with E-state index in [1.165, 1.54) is 6.92 Å². The van der Waals surface area contributed by atoms with Gasteiger partial charge >= 0.3 is 0 Å². The molecule has 1 aromatic rings. The summed E-state index contributed by atoms with van der Waals surface area (Å²) in [5.74, 6) is 0. The standard InChI is InChI=1S/C8H5ClN2O4S/c1-5-6(4-10)2-7(11(12)13)3-8(5)16(9,14)15/h2-3H,1H3. The van der Waals surface area contributed by atoms with Gasteiger partial charge in [-0.25, -0.2) is 8.42 Å². The van der Waals surface area contributed by atoms with Gasteiger partial charge in [0.05, 0.1) is 21.5 Å². The van der Waals surface area contributed by atoms with E-state index < -0.39 is 24.6 Å². The maximum atomic E-state index is 11.1. The Bertz CT molecular complexity index is 603. The highest BCUT2D eigenvalue weighted by molar-refractivity contribution is 8.13. The number of nitro groups is 1. The summed E-state index contributed by atoms with van der Waals surface area (Å²) in [6.07, 6.45) is 0. The highest BCUT2D eigenvalue weighted by atomic mass is 35.7. The molecule has 0 atom stereocenters. The summed E-state index contributed by atoms with van der Waals surface area (Å²) >= 11 is 0. The zero-order chi connectivity index (χ0) is 12.5. The number of non-ortho nitro benzene ring substituents is 1. The number of nitriles is 1. The lowest BCUT2D eigenvalue weighted by Gasteiger charge is -2.03. The Morgan fingerprint density at radius 3 is 2.44 bits per heavy atom. The lowest BCUT2D eigenvalue weighted by atomic mass is 10.1. The number of nitrogens with zero attached hydrogens (tertiary/aromatic N) is 2. The van der Waals surface area contributed by atoms with Gasteiger partial charge in [-0.2, -0.15) is 5.26 Å². The van der Waals surface area contributed by atoms with E-state index in [9.17, 15) is 18.5 Å². The molecule has 0 N–H and O–H groups in total. The molecule has 0 amide bonds. The number of nitro benzene ring substituents is 1. The fourth-order valence-electron chi connectivity index (χ4n) is 1.15. The van der Waals surface area contributed by atoms with Gasteiger partial charge in [-0.15, -0.1) is 0 Å². The predicted octanol–water partition coefficient (Wildman–Crippen LogP) is 1.70. The van der Waals surface area contributed by atoms with Gasteiger partial charge in [-0.05, 0) is 12.5 Å². The Morgan fingerprint density at radius 1 is 1.50 bits per heavy atom. The molecular formula is C8H5ClN2O4S. The van der Waals surface area contributed by atoms with Crippen LogP contribution in [-0.2, 0) is 9.05 Å². The van der Waals surface area contributed by atoms with Gasteiger partial charge in [0, 0.05) is 22.8 Å². The van der Waals surface area contributed by atoms with Crippen LogP contribution in [0, 0.1) is 28.4 Å². The van der Waals surface area contributed by atoms with Crippen molar-refractivity contribution >= 4 is 25.4 Å². The van der Waals surface area contributed by atoms with E-state index in [4.69, 9.17) is 15.9 Å². The molecule has 84 valence electrons. The van der Waals surface area contributed by atoms with Crippen LogP contribution in [0.2, 0.25) is 0 Å². The summed E-state index contributed by atoms with van der Waals surface area (Å²) in [5.41, 5.74) is -0.474. The Kier molecular flexibility index (Phi) is 3.16. The maximum absolute atomic E-state index is 11.1. The molecule has 0 saturated heterocycles. The van der Waals surface area contributed by atoms with Gasteiger partial charge in [0.1, 0.15) is 0 Å². The van der Waals surface area contributed by atoms with Crippen molar-refractivity contribution in [2.45, 2.75) is 11.8 Å². The quantitative estimate of drug-likeness (QED) is 0.457. The lowest BCUT2D eigenvalue weighted by Crippen LogP contribution is -2.00. The molecular weight excluding hydrogens is 256 g/mol. The fraction of sp³-hybridized carbons (Fsp3) is 0.125. The number of halogens is 1. The van der Waals surface area contributed by atoms with Crippen LogP contribution in [0.25, 0.3) is 0 Å². The number of hydrogen-bond acceptors (Lipinski definition) is 5. The van der Waals surface area contributed by atoms with E-state index in [1.807, 2.05) is 0 Å². The summed E-state index contributed by atoms with van der Waals surface area (Å²) in [6.45, 7) is 1.36. The molecule has 16 heavy (non-hydrogen) atoms. The molecule has 0 heterocycles. The summed E-state index contributed by atoms with van der Waals surface area (Å²) in [4.78, 5) is 9.32. The lowest BCUT2D eigenvalue weighted by molar-refractivity contribution is -0.385. The highest BCUT2D eigenvalue weighted by Crippen LogP contribution is 2.27. The molecule has 0 radical (unpaired) electrons. The van der Waals surface area contributed by atoms with Crippen LogP contribution >= 0.6 is 10.7 Å². The third-order valence-corrected chi connectivity index (χ3v) is 3.39. The topological polar surface area (TPSA) is 101 Å². The highest BCUT2D eigenvalue weighted by Gasteiger charge is 2.21. The summed E-state index contributed by atoms with van der Waals surface area (Å²) < 4.78 is 22.3. The molecule has 6 nitrogen and oxygen atoms in total. The van der Waals surface area contributed by atoms with Gasteiger partial charge in [0.15, 0.2) is 0 Å². The van der Waals surface area contributed by atoms with Crippen LogP contribution < -0.4 is 0 Å². The second kappa shape index (κ2) is 4.08. The van der Waals surface area contributed by atoms with Crippen LogP contribution in [0.5, 0.6) is 0 Å². The van der Waals surface area contributed by atoms with Crippen LogP contribution in [0.1, 0.15) is 11.1 Å². The molecule has 0 aliphatic carbocycles. The van der Waals surface area contributed by atoms with Crippen molar-refractivity contribution in [2.75, 3.05) is 0 Å². The van der Waals surface area contributed by atoms with E-state index in [0.29, 0.717) is 0 Å². The third kappa shape index (κ3) is 2.29. The predicted molar refractivity (Wildman–Crippen MR) is 55.6 cm³/mol. The van der Waals surface area contributed by atoms with Crippen molar-refractivity contribution in [1.29, 1.82) is 5.26 Å². The zero-order valence-corrected chi connectivity index (χ0v) is 9.54. The minimum atomic E-state index is -4.11. The largest absolute Gasteiger partial charge is 0.272 e. The Labute approximate surface area is 95.6 Å². The van der Waals surface area contributed by atoms with Crippen molar-refractivity contribution in [2.24, 2.45) is 0 Å². The first-order valence-corrected chi connectivity index (χ1v) is 6.22. The summed E-state index contributed by atoms with van der Waals surface area (Å²) in [5, 5.41) is 19.2. The van der Waals surface area contributed by atoms with Crippen molar-refractivity contribution in [3.63, 3.8) is 0 Å². The molecule has 0 aromatic heterocycles. The molecule has 0 aliphatic rings. The minimum absolute atomic E-state index is 0.0894. The molecule has 0 unspecified atom stereocenters. The molecule has 1 aromatic carbocycles. The van der Waals surface area contributed by atoms with Gasteiger partial charge in [0.25, 0.3) is 14.7 Å². The molecule has 0 aliphatic heterocycles. The van der Waals surface area contributed by atoms with Gasteiger partial charge in [-0.1, -0.05) is 0 Å². The van der Waals surface area contributed by atoms with E-state index in [-0.39, 0.29) is 11.1 Å². The second-order valence-corrected chi connectivity index (χ2v) is 5.46. The zero-order valence-electron chi connectivity index (χ0n) is 7.97. The van der Waals surface area contributed by atoms with Crippen molar-refractivity contribution in [1.82, 2.24) is 0 Å². The molecule has 0 fully saturated rings. The smallest absolute Gasteiger partial charge is 0.258 e. The van der Waals surface area contributed by atoms with E-state index in [2.05, 4.69) is 0 Å². The fourth-order valence-corrected chi connectivity index (χ4v) is 2.37. The number of benzene rings is 1. The normalized spacial score (nSPS) is 10.8. The Balaban J connectivity index is 3.70. The average molecular weight is 261 g/mol. The Hall–Kier alpha value is -1.65. The maximum Gasteiger partial charge on any atom is 0.272 e. The SMILES string of the molecule is Cc1c(C#N)cc([N+](=O)[O-])cc1S(=O)(=O)Cl. The molecule has 0 saturated carbocycles. The van der Waals surface area contributed by atoms with E-state index >= 15 is 0 Å². The van der Waals surface area contributed by atoms with Crippen molar-refractivity contribution in [3.8, 4) is 6.07 Å². The average Bonchev–Trinajstić information content (AvgIpc) is 2.15. The monoisotopic (exact) mass is 260 g/mol. The first-order valence-electron chi connectivity index (χ1n) is 3.91. The van der Waals surface area contributed by atoms with Gasteiger partial charge in [-0.3, -0.25) is 10.1 Å². The number of rotatable bonds is 2. The molecule has 0 bridgehead atoms. The van der Waals surface area contributed by atoms with Crippen LogP contribution in [0.4, 0.5) is 5.69 Å². The first-order chi connectivity index (χ1) is 7.27. The minimum Gasteiger partial charge on any atom is -0.258 e. The molecule has 8 heteroatoms.